The molecule has 0 aliphatic heterocycles. The molecule has 0 fully saturated rings. The molecule has 0 aliphatic carbocycles. The number of nitrogens with one attached hydrogen (secondary N) is 1. The fourth-order valence-corrected chi connectivity index (χ4v) is 6.27. The first-order chi connectivity index (χ1) is 22.7. The first-order valence-electron chi connectivity index (χ1n) is 20.5. The Morgan fingerprint density at radius 2 is 0.826 bits per heavy atom. The molecule has 4 nitrogen and oxygen atoms in total. The van der Waals surface area contributed by atoms with E-state index in [0.717, 1.165) is 12.8 Å². The molecule has 0 spiro atoms. The van der Waals surface area contributed by atoms with Gasteiger partial charge in [0.1, 0.15) is 0 Å². The number of carbonyl (C=O) groups is 1. The second-order valence-electron chi connectivity index (χ2n) is 14.1. The van der Waals surface area contributed by atoms with Gasteiger partial charge < -0.3 is 15.5 Å². The molecule has 0 radical (unpaired) electrons. The van der Waals surface area contributed by atoms with Crippen molar-refractivity contribution in [3.05, 3.63) is 24.3 Å². The van der Waals surface area contributed by atoms with Gasteiger partial charge in [-0.1, -0.05) is 205 Å². The van der Waals surface area contributed by atoms with E-state index in [1.807, 2.05) is 12.2 Å². The topological polar surface area (TPSA) is 69.6 Å². The standard InChI is InChI=1S/C42H81NO3/c1-3-5-7-9-11-13-15-17-18-19-20-21-22-23-24-26-28-30-32-34-36-38-42(46)43-40(39-44)41(45)37-35-33-31-29-27-25-16-14-12-10-8-6-4-2/h33-36,40-41,44-45H,3-32,37-39H2,1-2H3,(H,43,46)/t40-,41+/m0/s1. The maximum Gasteiger partial charge on any atom is 0.224 e. The van der Waals surface area contributed by atoms with Gasteiger partial charge in [0.25, 0.3) is 0 Å². The van der Waals surface area contributed by atoms with E-state index in [0.29, 0.717) is 12.8 Å². The molecule has 0 rings (SSSR count). The van der Waals surface area contributed by atoms with Gasteiger partial charge in [-0.05, 0) is 32.1 Å². The summed E-state index contributed by atoms with van der Waals surface area (Å²) in [7, 11) is 0. The summed E-state index contributed by atoms with van der Waals surface area (Å²) in [6.45, 7) is 4.30. The zero-order chi connectivity index (χ0) is 33.6. The molecule has 46 heavy (non-hydrogen) atoms. The lowest BCUT2D eigenvalue weighted by molar-refractivity contribution is -0.122. The average Bonchev–Trinajstić information content (AvgIpc) is 3.06. The molecule has 0 unspecified atom stereocenters. The van der Waals surface area contributed by atoms with Crippen molar-refractivity contribution in [3.63, 3.8) is 0 Å². The summed E-state index contributed by atoms with van der Waals surface area (Å²) in [5.41, 5.74) is 0. The highest BCUT2D eigenvalue weighted by Gasteiger charge is 2.18. The molecular formula is C42H81NO3. The molecule has 0 aromatic rings. The highest BCUT2D eigenvalue weighted by Crippen LogP contribution is 2.15. The molecular weight excluding hydrogens is 566 g/mol. The van der Waals surface area contributed by atoms with Gasteiger partial charge >= 0.3 is 0 Å². The summed E-state index contributed by atoms with van der Waals surface area (Å²) in [6.07, 6.45) is 48.6. The minimum Gasteiger partial charge on any atom is -0.394 e. The smallest absolute Gasteiger partial charge is 0.224 e. The Labute approximate surface area is 288 Å². The van der Waals surface area contributed by atoms with Crippen LogP contribution in [0.3, 0.4) is 0 Å². The van der Waals surface area contributed by atoms with Gasteiger partial charge in [-0.15, -0.1) is 0 Å². The van der Waals surface area contributed by atoms with Gasteiger partial charge in [-0.3, -0.25) is 4.79 Å². The predicted molar refractivity (Wildman–Crippen MR) is 202 cm³/mol. The van der Waals surface area contributed by atoms with E-state index >= 15 is 0 Å². The third-order valence-electron chi connectivity index (χ3n) is 9.47. The minimum atomic E-state index is -0.762. The Morgan fingerprint density at radius 1 is 0.500 bits per heavy atom. The van der Waals surface area contributed by atoms with Crippen LogP contribution < -0.4 is 5.32 Å². The highest BCUT2D eigenvalue weighted by molar-refractivity contribution is 5.77. The zero-order valence-corrected chi connectivity index (χ0v) is 31.1. The quantitative estimate of drug-likeness (QED) is 0.0464. The molecule has 0 saturated carbocycles. The van der Waals surface area contributed by atoms with Crippen molar-refractivity contribution in [1.29, 1.82) is 0 Å². The number of amides is 1. The number of aliphatic hydroxyl groups excluding tert-OH is 2. The van der Waals surface area contributed by atoms with E-state index in [9.17, 15) is 15.0 Å². The zero-order valence-electron chi connectivity index (χ0n) is 31.1. The second kappa shape index (κ2) is 38.3. The van der Waals surface area contributed by atoms with E-state index in [1.165, 1.54) is 180 Å². The fourth-order valence-electron chi connectivity index (χ4n) is 6.27. The van der Waals surface area contributed by atoms with Crippen LogP contribution in [0.15, 0.2) is 24.3 Å². The van der Waals surface area contributed by atoms with Gasteiger partial charge in [-0.2, -0.15) is 0 Å². The van der Waals surface area contributed by atoms with Crippen LogP contribution in [-0.4, -0.2) is 34.9 Å². The molecule has 0 bridgehead atoms. The molecule has 1 amide bonds. The largest absolute Gasteiger partial charge is 0.394 e. The third-order valence-corrected chi connectivity index (χ3v) is 9.47. The van der Waals surface area contributed by atoms with Crippen LogP contribution in [0.1, 0.15) is 219 Å². The highest BCUT2D eigenvalue weighted by atomic mass is 16.3. The van der Waals surface area contributed by atoms with Crippen molar-refractivity contribution in [2.75, 3.05) is 6.61 Å². The molecule has 2 atom stereocenters. The maximum absolute atomic E-state index is 12.3. The molecule has 0 aromatic carbocycles. The summed E-state index contributed by atoms with van der Waals surface area (Å²) in [4.78, 5) is 12.3. The van der Waals surface area contributed by atoms with Crippen molar-refractivity contribution in [3.8, 4) is 0 Å². The molecule has 0 aromatic heterocycles. The molecule has 4 heteroatoms. The van der Waals surface area contributed by atoms with Crippen molar-refractivity contribution >= 4 is 5.91 Å². The Balaban J connectivity index is 3.58. The molecule has 272 valence electrons. The van der Waals surface area contributed by atoms with Crippen LogP contribution in [-0.2, 0) is 4.79 Å². The fraction of sp³-hybridized carbons (Fsp3) is 0.881. The minimum absolute atomic E-state index is 0.138. The lowest BCUT2D eigenvalue weighted by Crippen LogP contribution is -2.45. The van der Waals surface area contributed by atoms with Crippen LogP contribution in [0.25, 0.3) is 0 Å². The first kappa shape index (κ1) is 44.9. The van der Waals surface area contributed by atoms with Crippen molar-refractivity contribution in [2.24, 2.45) is 0 Å². The van der Waals surface area contributed by atoms with Gasteiger partial charge in [0, 0.05) is 6.42 Å². The SMILES string of the molecule is CCCCCCCCCCCCC=CC[C@@H](O)[C@H](CO)NC(=O)CC=CCCCCCCCCCCCCCCCCCCCC. The van der Waals surface area contributed by atoms with Gasteiger partial charge in [0.2, 0.25) is 5.91 Å². The summed E-state index contributed by atoms with van der Waals surface area (Å²) in [5.74, 6) is -0.138. The maximum atomic E-state index is 12.3. The van der Waals surface area contributed by atoms with Crippen LogP contribution >= 0.6 is 0 Å². The van der Waals surface area contributed by atoms with E-state index in [2.05, 4.69) is 31.3 Å². The van der Waals surface area contributed by atoms with Gasteiger partial charge in [-0.25, -0.2) is 0 Å². The van der Waals surface area contributed by atoms with Crippen LogP contribution in [0, 0.1) is 0 Å². The summed E-state index contributed by atoms with van der Waals surface area (Å²) in [5, 5.41) is 22.9. The lowest BCUT2D eigenvalue weighted by atomic mass is 10.0. The number of carbonyl (C=O) groups excluding carboxylic acids is 1. The Morgan fingerprint density at radius 3 is 1.17 bits per heavy atom. The third kappa shape index (κ3) is 34.2. The van der Waals surface area contributed by atoms with Crippen LogP contribution in [0.2, 0.25) is 0 Å². The van der Waals surface area contributed by atoms with Crippen molar-refractivity contribution in [1.82, 2.24) is 5.32 Å². The van der Waals surface area contributed by atoms with Gasteiger partial charge in [0.15, 0.2) is 0 Å². The Kier molecular flexibility index (Phi) is 37.4. The molecule has 3 N–H and O–H groups in total. The number of hydrogen-bond donors (Lipinski definition) is 3. The number of unbranched alkanes of at least 4 members (excludes halogenated alkanes) is 28. The number of aliphatic hydroxyl groups is 2. The number of rotatable bonds is 37. The van der Waals surface area contributed by atoms with Gasteiger partial charge in [0.05, 0.1) is 18.8 Å². The molecule has 0 heterocycles. The van der Waals surface area contributed by atoms with Crippen LogP contribution in [0.5, 0.6) is 0 Å². The van der Waals surface area contributed by atoms with E-state index < -0.39 is 12.1 Å². The number of allylic oxidation sites excluding steroid dienone is 2. The summed E-state index contributed by atoms with van der Waals surface area (Å²) in [6, 6.07) is -0.613. The normalized spacial score (nSPS) is 13.2. The second-order valence-corrected chi connectivity index (χ2v) is 14.1. The Bertz CT molecular complexity index is 661. The molecule has 0 aliphatic rings. The van der Waals surface area contributed by atoms with E-state index in [-0.39, 0.29) is 12.5 Å². The van der Waals surface area contributed by atoms with E-state index in [1.54, 1.807) is 0 Å². The average molecular weight is 648 g/mol. The monoisotopic (exact) mass is 648 g/mol. The summed E-state index contributed by atoms with van der Waals surface area (Å²) >= 11 is 0. The molecule has 0 saturated heterocycles. The lowest BCUT2D eigenvalue weighted by Gasteiger charge is -2.21. The van der Waals surface area contributed by atoms with Crippen molar-refractivity contribution < 1.29 is 15.0 Å². The number of hydrogen-bond acceptors (Lipinski definition) is 3. The Hall–Kier alpha value is -1.13. The first-order valence-corrected chi connectivity index (χ1v) is 20.5. The van der Waals surface area contributed by atoms with Crippen LogP contribution in [0.4, 0.5) is 0 Å². The predicted octanol–water partition coefficient (Wildman–Crippen LogP) is 12.5. The summed E-state index contributed by atoms with van der Waals surface area (Å²) < 4.78 is 0. The van der Waals surface area contributed by atoms with Crippen molar-refractivity contribution in [2.45, 2.75) is 231 Å². The van der Waals surface area contributed by atoms with E-state index in [4.69, 9.17) is 0 Å².